The first-order valence-corrected chi connectivity index (χ1v) is 13.3. The molecule has 6 nitrogen and oxygen atoms in total. The van der Waals surface area contributed by atoms with Gasteiger partial charge in [0.25, 0.3) is 0 Å². The summed E-state index contributed by atoms with van der Waals surface area (Å²) in [7, 11) is 0. The first kappa shape index (κ1) is 26.3. The van der Waals surface area contributed by atoms with Crippen LogP contribution in [0.2, 0.25) is 0 Å². The van der Waals surface area contributed by atoms with E-state index in [-0.39, 0.29) is 41.2 Å². The number of carbonyl (C=O) groups is 3. The van der Waals surface area contributed by atoms with Crippen LogP contribution in [0.1, 0.15) is 79.6 Å². The number of allylic oxidation sites excluding steroid dienone is 1. The summed E-state index contributed by atoms with van der Waals surface area (Å²) < 4.78 is 0. The molecule has 4 aliphatic carbocycles. The Morgan fingerprint density at radius 1 is 1.14 bits per heavy atom. The van der Waals surface area contributed by atoms with Gasteiger partial charge >= 0.3 is 5.97 Å². The molecule has 3 N–H and O–H groups in total. The van der Waals surface area contributed by atoms with Crippen molar-refractivity contribution >= 4 is 17.5 Å². The highest BCUT2D eigenvalue weighted by molar-refractivity contribution is 6.12. The molecule has 35 heavy (non-hydrogen) atoms. The lowest BCUT2D eigenvalue weighted by Crippen LogP contribution is -2.58. The smallest absolute Gasteiger partial charge is 0.310 e. The van der Waals surface area contributed by atoms with E-state index < -0.39 is 34.9 Å². The van der Waals surface area contributed by atoms with E-state index in [4.69, 9.17) is 0 Å². The number of aliphatic carboxylic acids is 1. The van der Waals surface area contributed by atoms with Crippen LogP contribution in [0.3, 0.4) is 0 Å². The van der Waals surface area contributed by atoms with Crippen molar-refractivity contribution in [3.8, 4) is 0 Å². The van der Waals surface area contributed by atoms with Crippen molar-refractivity contribution < 1.29 is 29.7 Å². The molecular formula is C29H42O6. The van der Waals surface area contributed by atoms with Crippen molar-refractivity contribution in [3.63, 3.8) is 0 Å². The largest absolute Gasteiger partial charge is 0.481 e. The molecule has 2 fully saturated rings. The van der Waals surface area contributed by atoms with E-state index in [1.807, 2.05) is 13.8 Å². The van der Waals surface area contributed by atoms with E-state index in [9.17, 15) is 29.7 Å². The molecule has 6 heteroatoms. The number of ketones is 2. The molecule has 4 rings (SSSR count). The number of aliphatic hydroxyl groups is 2. The zero-order valence-corrected chi connectivity index (χ0v) is 21.8. The van der Waals surface area contributed by atoms with Crippen molar-refractivity contribution in [2.24, 2.45) is 46.3 Å². The molecule has 10 atom stereocenters. The second-order valence-electron chi connectivity index (χ2n) is 12.5. The van der Waals surface area contributed by atoms with Gasteiger partial charge in [0.1, 0.15) is 6.10 Å². The first-order valence-electron chi connectivity index (χ1n) is 13.3. The summed E-state index contributed by atoms with van der Waals surface area (Å²) in [5.74, 6) is -1.84. The summed E-state index contributed by atoms with van der Waals surface area (Å²) in [6.07, 6.45) is 2.90. The zero-order chi connectivity index (χ0) is 26.0. The topological polar surface area (TPSA) is 112 Å². The van der Waals surface area contributed by atoms with Crippen molar-refractivity contribution in [1.29, 1.82) is 0 Å². The van der Waals surface area contributed by atoms with Crippen LogP contribution < -0.4 is 0 Å². The van der Waals surface area contributed by atoms with Crippen molar-refractivity contribution in [2.75, 3.05) is 0 Å². The summed E-state index contributed by atoms with van der Waals surface area (Å²) in [6, 6.07) is 0. The number of hydrogen-bond donors (Lipinski definition) is 3. The van der Waals surface area contributed by atoms with Gasteiger partial charge in [-0.05, 0) is 75.0 Å². The third-order valence-corrected chi connectivity index (χ3v) is 10.9. The molecule has 0 aliphatic heterocycles. The van der Waals surface area contributed by atoms with Crippen LogP contribution in [0, 0.1) is 46.3 Å². The van der Waals surface area contributed by atoms with Gasteiger partial charge < -0.3 is 15.3 Å². The highest BCUT2D eigenvalue weighted by atomic mass is 16.4. The molecule has 0 aromatic carbocycles. The molecule has 0 saturated heterocycles. The first-order chi connectivity index (χ1) is 16.3. The molecule has 0 amide bonds. The Labute approximate surface area is 208 Å². The predicted molar refractivity (Wildman–Crippen MR) is 132 cm³/mol. The Balaban J connectivity index is 1.66. The summed E-state index contributed by atoms with van der Waals surface area (Å²) in [6.45, 7) is 13.8. The molecule has 0 heterocycles. The molecular weight excluding hydrogens is 444 g/mol. The van der Waals surface area contributed by atoms with Gasteiger partial charge in [-0.3, -0.25) is 14.4 Å². The van der Waals surface area contributed by atoms with Gasteiger partial charge in [0.2, 0.25) is 0 Å². The van der Waals surface area contributed by atoms with Gasteiger partial charge in [0, 0.05) is 28.4 Å². The molecule has 0 aromatic rings. The third-order valence-electron chi connectivity index (χ3n) is 10.9. The highest BCUT2D eigenvalue weighted by Gasteiger charge is 2.65. The lowest BCUT2D eigenvalue weighted by Gasteiger charge is -2.56. The van der Waals surface area contributed by atoms with E-state index >= 15 is 0 Å². The molecule has 2 saturated carbocycles. The minimum absolute atomic E-state index is 0.0249. The van der Waals surface area contributed by atoms with Crippen LogP contribution in [0.5, 0.6) is 0 Å². The van der Waals surface area contributed by atoms with E-state index in [2.05, 4.69) is 20.4 Å². The number of aliphatic hydroxyl groups excluding tert-OH is 2. The summed E-state index contributed by atoms with van der Waals surface area (Å²) >= 11 is 0. The summed E-state index contributed by atoms with van der Waals surface area (Å²) in [5, 5.41) is 31.3. The molecule has 4 unspecified atom stereocenters. The quantitative estimate of drug-likeness (QED) is 0.482. The Bertz CT molecular complexity index is 980. The molecule has 0 radical (unpaired) electrons. The number of carboxylic acids is 1. The second kappa shape index (κ2) is 8.95. The van der Waals surface area contributed by atoms with E-state index in [1.54, 1.807) is 6.92 Å². The van der Waals surface area contributed by atoms with E-state index in [0.29, 0.717) is 42.4 Å². The van der Waals surface area contributed by atoms with Crippen LogP contribution in [0.15, 0.2) is 23.3 Å². The van der Waals surface area contributed by atoms with Crippen molar-refractivity contribution in [3.05, 3.63) is 23.3 Å². The lowest BCUT2D eigenvalue weighted by atomic mass is 9.47. The minimum atomic E-state index is -1.16. The van der Waals surface area contributed by atoms with Gasteiger partial charge in [-0.15, -0.1) is 0 Å². The average molecular weight is 487 g/mol. The maximum absolute atomic E-state index is 13.9. The van der Waals surface area contributed by atoms with Crippen LogP contribution in [-0.2, 0) is 14.4 Å². The van der Waals surface area contributed by atoms with Gasteiger partial charge in [-0.25, -0.2) is 0 Å². The molecule has 4 aliphatic rings. The number of carbonyl (C=O) groups excluding carboxylic acids is 2. The minimum Gasteiger partial charge on any atom is -0.481 e. The van der Waals surface area contributed by atoms with Gasteiger partial charge in [0.15, 0.2) is 11.6 Å². The van der Waals surface area contributed by atoms with Gasteiger partial charge in [-0.1, -0.05) is 39.8 Å². The monoisotopic (exact) mass is 486 g/mol. The fourth-order valence-corrected chi connectivity index (χ4v) is 8.40. The number of fused-ring (bicyclic) bond motifs is 4. The number of carboxylic acid groups (broad SMARTS) is 1. The number of hydrogen-bond acceptors (Lipinski definition) is 5. The van der Waals surface area contributed by atoms with Crippen molar-refractivity contribution in [1.82, 2.24) is 0 Å². The standard InChI is InChI=1S/C29H42O6/c1-14(16(3)27(34)35)7-8-15(2)18-9-10-19-23-22(31)13-20-17(4)21(30)11-12-28(20,5)24(23)25(32)26(33)29(18,19)6/h15-21,26,30,33H,1,7-13H2,2-6H3,(H,34,35)/t15-,16-,17+,18?,19?,20?,21-,26+,28+,29?/m1/s1. The predicted octanol–water partition coefficient (Wildman–Crippen LogP) is 4.34. The Hall–Kier alpha value is -1.79. The van der Waals surface area contributed by atoms with Crippen LogP contribution in [0.25, 0.3) is 0 Å². The van der Waals surface area contributed by atoms with Crippen LogP contribution >= 0.6 is 0 Å². The molecule has 194 valence electrons. The molecule has 0 aromatic heterocycles. The molecule has 0 spiro atoms. The Morgan fingerprint density at radius 2 is 1.80 bits per heavy atom. The van der Waals surface area contributed by atoms with E-state index in [1.165, 1.54) is 0 Å². The fourth-order valence-electron chi connectivity index (χ4n) is 8.40. The van der Waals surface area contributed by atoms with Gasteiger partial charge in [0.05, 0.1) is 12.0 Å². The van der Waals surface area contributed by atoms with Gasteiger partial charge in [-0.2, -0.15) is 0 Å². The average Bonchev–Trinajstić information content (AvgIpc) is 3.16. The Kier molecular flexibility index (Phi) is 6.72. The lowest BCUT2D eigenvalue weighted by molar-refractivity contribution is -0.145. The highest BCUT2D eigenvalue weighted by Crippen LogP contribution is 2.65. The summed E-state index contributed by atoms with van der Waals surface area (Å²) in [5.41, 5.74) is 0.709. The maximum Gasteiger partial charge on any atom is 0.310 e. The zero-order valence-electron chi connectivity index (χ0n) is 21.8. The maximum atomic E-state index is 13.9. The SMILES string of the molecule is C=C(CC[C@@H](C)C1CCC2C3=C(C(=O)[C@H](O)C21C)[C@@]1(C)CC[C@@H](O)[C@@H](C)C1CC3=O)[C@@H](C)C(=O)O. The van der Waals surface area contributed by atoms with Crippen LogP contribution in [-0.4, -0.2) is 45.1 Å². The van der Waals surface area contributed by atoms with Crippen molar-refractivity contribution in [2.45, 2.75) is 91.8 Å². The second-order valence-corrected chi connectivity index (χ2v) is 12.5. The number of rotatable bonds is 6. The normalized spacial score (nSPS) is 42.7. The number of Topliss-reactive ketones (excluding diaryl/α,β-unsaturated/α-hetero) is 2. The summed E-state index contributed by atoms with van der Waals surface area (Å²) in [4.78, 5) is 38.8. The van der Waals surface area contributed by atoms with E-state index in [0.717, 1.165) is 19.3 Å². The van der Waals surface area contributed by atoms with Crippen LogP contribution in [0.4, 0.5) is 0 Å². The Morgan fingerprint density at radius 3 is 2.43 bits per heavy atom. The third kappa shape index (κ3) is 3.78. The fraction of sp³-hybridized carbons (Fsp3) is 0.759. The molecule has 0 bridgehead atoms.